The van der Waals surface area contributed by atoms with E-state index in [1.807, 2.05) is 0 Å². The molecule has 0 radical (unpaired) electrons. The van der Waals surface area contributed by atoms with E-state index in [0.29, 0.717) is 12.5 Å². The maximum absolute atomic E-state index is 13.9. The van der Waals surface area contributed by atoms with Crippen LogP contribution in [0.5, 0.6) is 0 Å². The summed E-state index contributed by atoms with van der Waals surface area (Å²) in [7, 11) is 0. The van der Waals surface area contributed by atoms with Gasteiger partial charge < -0.3 is 10.6 Å². The van der Waals surface area contributed by atoms with Crippen LogP contribution < -0.4 is 10.6 Å². The van der Waals surface area contributed by atoms with E-state index in [-0.39, 0.29) is 13.0 Å². The fourth-order valence-corrected chi connectivity index (χ4v) is 1.82. The molecule has 1 saturated heterocycles. The summed E-state index contributed by atoms with van der Waals surface area (Å²) in [5.41, 5.74) is 3.05. The van der Waals surface area contributed by atoms with Crippen molar-refractivity contribution in [2.75, 3.05) is 18.0 Å². The van der Waals surface area contributed by atoms with Gasteiger partial charge in [0.25, 0.3) is 5.91 Å². The summed E-state index contributed by atoms with van der Waals surface area (Å²) in [5.74, 6) is -0.518. The van der Waals surface area contributed by atoms with Crippen LogP contribution in [-0.4, -0.2) is 34.6 Å². The minimum atomic E-state index is -1.96. The van der Waals surface area contributed by atoms with Crippen LogP contribution in [0, 0.1) is 0 Å². The Morgan fingerprint density at radius 2 is 2.19 bits per heavy atom. The largest absolute Gasteiger partial charge is 0.367 e. The average molecular weight is 289 g/mol. The third kappa shape index (κ3) is 1.99. The van der Waals surface area contributed by atoms with Crippen LogP contribution in [0.15, 0.2) is 16.9 Å². The summed E-state index contributed by atoms with van der Waals surface area (Å²) in [6.07, 6.45) is 3.23. The van der Waals surface area contributed by atoms with Crippen molar-refractivity contribution in [2.24, 2.45) is 5.73 Å². The fraction of sp³-hybridized carbons (Fsp3) is 0.444. The molecule has 16 heavy (non-hydrogen) atoms. The lowest BCUT2D eigenvalue weighted by Crippen LogP contribution is -2.42. The molecular formula is C9H10BrFN4O. The molecule has 1 aliphatic rings. The molecule has 1 aromatic rings. The second-order valence-corrected chi connectivity index (χ2v) is 4.62. The van der Waals surface area contributed by atoms with Crippen molar-refractivity contribution < 1.29 is 9.18 Å². The highest BCUT2D eigenvalue weighted by Gasteiger charge is 2.44. The van der Waals surface area contributed by atoms with Crippen molar-refractivity contribution in [2.45, 2.75) is 12.1 Å². The molecule has 2 heterocycles. The zero-order valence-corrected chi connectivity index (χ0v) is 9.95. The van der Waals surface area contributed by atoms with Gasteiger partial charge in [-0.05, 0) is 15.9 Å². The Labute approximate surface area is 100.0 Å². The van der Waals surface area contributed by atoms with E-state index in [9.17, 15) is 9.18 Å². The number of anilines is 1. The lowest BCUT2D eigenvalue weighted by atomic mass is 10.1. The Morgan fingerprint density at radius 1 is 1.56 bits per heavy atom. The molecule has 0 spiro atoms. The molecule has 1 aromatic heterocycles. The van der Waals surface area contributed by atoms with E-state index in [1.165, 1.54) is 0 Å². The third-order valence-corrected chi connectivity index (χ3v) is 2.96. The highest BCUT2D eigenvalue weighted by atomic mass is 79.9. The van der Waals surface area contributed by atoms with Crippen LogP contribution in [0.3, 0.4) is 0 Å². The molecule has 5 nitrogen and oxygen atoms in total. The molecular weight excluding hydrogens is 279 g/mol. The summed E-state index contributed by atoms with van der Waals surface area (Å²) in [5, 5.41) is 0. The van der Waals surface area contributed by atoms with Crippen LogP contribution in [-0.2, 0) is 4.79 Å². The molecule has 0 aliphatic carbocycles. The van der Waals surface area contributed by atoms with Crippen molar-refractivity contribution >= 4 is 27.8 Å². The van der Waals surface area contributed by atoms with Crippen molar-refractivity contribution in [3.63, 3.8) is 0 Å². The second kappa shape index (κ2) is 3.97. The first-order chi connectivity index (χ1) is 7.51. The minimum absolute atomic E-state index is 0.0794. The number of primary amides is 1. The first-order valence-corrected chi connectivity index (χ1v) is 5.52. The van der Waals surface area contributed by atoms with Gasteiger partial charge in [-0.25, -0.2) is 14.4 Å². The zero-order chi connectivity index (χ0) is 11.8. The van der Waals surface area contributed by atoms with E-state index in [2.05, 4.69) is 25.9 Å². The van der Waals surface area contributed by atoms with Gasteiger partial charge in [-0.2, -0.15) is 0 Å². The Balaban J connectivity index is 2.15. The topological polar surface area (TPSA) is 72.1 Å². The molecule has 0 saturated carbocycles. The average Bonchev–Trinajstić information content (AvgIpc) is 2.63. The molecule has 1 amide bonds. The Morgan fingerprint density at radius 3 is 2.69 bits per heavy atom. The molecule has 1 atom stereocenters. The van der Waals surface area contributed by atoms with Crippen molar-refractivity contribution in [1.29, 1.82) is 0 Å². The van der Waals surface area contributed by atoms with Crippen LogP contribution in [0.4, 0.5) is 10.3 Å². The quantitative estimate of drug-likeness (QED) is 0.867. The summed E-state index contributed by atoms with van der Waals surface area (Å²) in [4.78, 5) is 20.6. The van der Waals surface area contributed by atoms with Gasteiger partial charge in [0.05, 0.1) is 11.0 Å². The number of hydrogen-bond donors (Lipinski definition) is 1. The van der Waals surface area contributed by atoms with Crippen LogP contribution in [0.25, 0.3) is 0 Å². The van der Waals surface area contributed by atoms with Gasteiger partial charge in [0, 0.05) is 25.4 Å². The Hall–Kier alpha value is -1.24. The predicted molar refractivity (Wildman–Crippen MR) is 59.6 cm³/mol. The van der Waals surface area contributed by atoms with E-state index in [0.717, 1.165) is 4.47 Å². The van der Waals surface area contributed by atoms with E-state index in [1.54, 1.807) is 17.3 Å². The predicted octanol–water partition coefficient (Wildman–Crippen LogP) is 0.643. The van der Waals surface area contributed by atoms with Crippen LogP contribution >= 0.6 is 15.9 Å². The van der Waals surface area contributed by atoms with Gasteiger partial charge >= 0.3 is 0 Å². The van der Waals surface area contributed by atoms with E-state index < -0.39 is 11.6 Å². The standard InChI is InChI=1S/C9H10BrFN4O/c10-6-3-13-8(14-4-6)15-2-1-9(11,5-15)7(12)16/h3-4H,1-2,5H2,(H2,12,16). The number of hydrogen-bond acceptors (Lipinski definition) is 4. The van der Waals surface area contributed by atoms with Crippen molar-refractivity contribution in [1.82, 2.24) is 9.97 Å². The number of rotatable bonds is 2. The summed E-state index contributed by atoms with van der Waals surface area (Å²) >= 11 is 3.21. The van der Waals surface area contributed by atoms with Crippen LogP contribution in [0.2, 0.25) is 0 Å². The molecule has 0 aromatic carbocycles. The second-order valence-electron chi connectivity index (χ2n) is 3.70. The molecule has 2 rings (SSSR count). The van der Waals surface area contributed by atoms with Gasteiger partial charge in [-0.15, -0.1) is 0 Å². The maximum atomic E-state index is 13.9. The molecule has 2 N–H and O–H groups in total. The first-order valence-electron chi connectivity index (χ1n) is 4.72. The minimum Gasteiger partial charge on any atom is -0.367 e. The monoisotopic (exact) mass is 288 g/mol. The normalized spacial score (nSPS) is 24.8. The van der Waals surface area contributed by atoms with Gasteiger partial charge in [0.1, 0.15) is 0 Å². The Bertz CT molecular complexity index is 412. The number of nitrogens with zero attached hydrogens (tertiary/aromatic N) is 3. The number of alkyl halides is 1. The number of carbonyl (C=O) groups is 1. The summed E-state index contributed by atoms with van der Waals surface area (Å²) in [6.45, 7) is 0.311. The molecule has 86 valence electrons. The van der Waals surface area contributed by atoms with Crippen molar-refractivity contribution in [3.8, 4) is 0 Å². The smallest absolute Gasteiger partial charge is 0.257 e. The number of aromatic nitrogens is 2. The molecule has 1 unspecified atom stereocenters. The van der Waals surface area contributed by atoms with Crippen molar-refractivity contribution in [3.05, 3.63) is 16.9 Å². The van der Waals surface area contributed by atoms with Gasteiger partial charge in [-0.3, -0.25) is 4.79 Å². The number of carbonyl (C=O) groups excluding carboxylic acids is 1. The third-order valence-electron chi connectivity index (χ3n) is 2.55. The van der Waals surface area contributed by atoms with Gasteiger partial charge in [0.15, 0.2) is 0 Å². The van der Waals surface area contributed by atoms with Crippen LogP contribution in [0.1, 0.15) is 6.42 Å². The maximum Gasteiger partial charge on any atom is 0.257 e. The first kappa shape index (κ1) is 11.3. The van der Waals surface area contributed by atoms with E-state index in [4.69, 9.17) is 5.73 Å². The fourth-order valence-electron chi connectivity index (χ4n) is 1.61. The molecule has 1 aliphatic heterocycles. The lowest BCUT2D eigenvalue weighted by molar-refractivity contribution is -0.128. The number of nitrogens with two attached hydrogens (primary N) is 1. The van der Waals surface area contributed by atoms with Gasteiger partial charge in [0.2, 0.25) is 11.6 Å². The molecule has 7 heteroatoms. The number of amides is 1. The highest BCUT2D eigenvalue weighted by molar-refractivity contribution is 9.10. The molecule has 0 bridgehead atoms. The lowest BCUT2D eigenvalue weighted by Gasteiger charge is -2.17. The van der Waals surface area contributed by atoms with Gasteiger partial charge in [-0.1, -0.05) is 0 Å². The summed E-state index contributed by atoms with van der Waals surface area (Å²) in [6, 6.07) is 0. The number of halogens is 2. The SMILES string of the molecule is NC(=O)C1(F)CCN(c2ncc(Br)cn2)C1. The van der Waals surface area contributed by atoms with E-state index >= 15 is 0 Å². The highest BCUT2D eigenvalue weighted by Crippen LogP contribution is 2.27. The summed E-state index contributed by atoms with van der Waals surface area (Å²) < 4.78 is 14.6. The Kier molecular flexibility index (Phi) is 2.79. The zero-order valence-electron chi connectivity index (χ0n) is 8.36. The molecule has 1 fully saturated rings.